The molecule has 0 saturated heterocycles. The molecule has 0 N–H and O–H groups in total. The second kappa shape index (κ2) is 18.8. The van der Waals surface area contributed by atoms with Crippen LogP contribution >= 0.6 is 0 Å². The molecule has 4 aromatic heterocycles. The van der Waals surface area contributed by atoms with E-state index in [1.807, 2.05) is 72.8 Å². The third kappa shape index (κ3) is 9.87. The summed E-state index contributed by atoms with van der Waals surface area (Å²) in [6.07, 6.45) is 0. The van der Waals surface area contributed by atoms with Gasteiger partial charge in [0.25, 0.3) is 0 Å². The molecule has 0 aliphatic heterocycles. The van der Waals surface area contributed by atoms with Gasteiger partial charge in [-0.05, 0) is 131 Å². The van der Waals surface area contributed by atoms with Gasteiger partial charge in [-0.2, -0.15) is 0 Å². The van der Waals surface area contributed by atoms with E-state index in [9.17, 15) is 0 Å². The average Bonchev–Trinajstić information content (AvgIpc) is 3.23. The summed E-state index contributed by atoms with van der Waals surface area (Å²) in [7, 11) is 0. The Morgan fingerprint density at radius 3 is 0.850 bits per heavy atom. The average molecular weight is 797 g/mol. The quantitative estimate of drug-likeness (QED) is 0.109. The first-order valence-electron chi connectivity index (χ1n) is 21.9. The maximum Gasteiger partial charge on any atom is 0.0894 e. The summed E-state index contributed by atoms with van der Waals surface area (Å²) in [6, 6.07) is 33.6. The molecule has 6 rings (SSSR count). The van der Waals surface area contributed by atoms with Gasteiger partial charge in [-0.15, -0.1) is 0 Å². The molecule has 0 aliphatic rings. The molecule has 0 spiro atoms. The Morgan fingerprint density at radius 2 is 0.600 bits per heavy atom. The highest BCUT2D eigenvalue weighted by Gasteiger charge is 2.20. The minimum atomic E-state index is 0.345. The highest BCUT2D eigenvalue weighted by atomic mass is 14.9. The Bertz CT molecular complexity index is 2300. The van der Waals surface area contributed by atoms with Crippen LogP contribution in [0.1, 0.15) is 177 Å². The van der Waals surface area contributed by atoms with E-state index in [0.717, 1.165) is 68.3 Å². The first-order valence-corrected chi connectivity index (χ1v) is 21.9. The molecule has 0 fully saturated rings. The maximum atomic E-state index is 5.29. The number of aromatic nitrogens is 4. The molecule has 0 unspecified atom stereocenters. The minimum absolute atomic E-state index is 0.345. The van der Waals surface area contributed by atoms with E-state index < -0.39 is 0 Å². The smallest absolute Gasteiger partial charge is 0.0894 e. The molecule has 0 aliphatic carbocycles. The second-order valence-corrected chi connectivity index (χ2v) is 18.1. The van der Waals surface area contributed by atoms with Crippen molar-refractivity contribution in [2.24, 2.45) is 9.98 Å². The van der Waals surface area contributed by atoms with Crippen LogP contribution in [0.15, 0.2) is 107 Å². The summed E-state index contributed by atoms with van der Waals surface area (Å²) in [4.78, 5) is 30.9. The molecule has 2 aromatic carbocycles. The number of hydrogen-bond donors (Lipinski definition) is 0. The van der Waals surface area contributed by atoms with Crippen molar-refractivity contribution in [2.45, 2.75) is 132 Å². The SMILES string of the molecule is CC(=Nc1c(C(C)C)cc(C(C)C)cc1C(C)C)c1cccc(-c2cccc(-c3cccc(-c4cccc(C(C)=Nc5c(C(C)C)cc(C(C)C)cc5C(C)C)n4)n3)n2)n1. The third-order valence-electron chi connectivity index (χ3n) is 11.3. The lowest BCUT2D eigenvalue weighted by Gasteiger charge is -2.21. The first-order chi connectivity index (χ1) is 28.5. The van der Waals surface area contributed by atoms with E-state index in [2.05, 4.69) is 121 Å². The summed E-state index contributed by atoms with van der Waals surface area (Å²) in [5.74, 6) is 2.28. The summed E-state index contributed by atoms with van der Waals surface area (Å²) >= 11 is 0. The van der Waals surface area contributed by atoms with Crippen LogP contribution in [0, 0.1) is 0 Å². The molecule has 0 radical (unpaired) electrons. The molecular weight excluding hydrogens is 733 g/mol. The maximum absolute atomic E-state index is 5.29. The number of pyridine rings is 4. The minimum Gasteiger partial charge on any atom is -0.251 e. The van der Waals surface area contributed by atoms with Gasteiger partial charge in [0.2, 0.25) is 0 Å². The van der Waals surface area contributed by atoms with Gasteiger partial charge in [0.1, 0.15) is 0 Å². The van der Waals surface area contributed by atoms with Gasteiger partial charge in [0.15, 0.2) is 0 Å². The number of aliphatic imine (C=N–C) groups is 2. The van der Waals surface area contributed by atoms with Crippen molar-refractivity contribution < 1.29 is 0 Å². The fraction of sp³-hybridized carbons (Fsp3) is 0.370. The monoisotopic (exact) mass is 797 g/mol. The van der Waals surface area contributed by atoms with E-state index >= 15 is 0 Å². The number of rotatable bonds is 13. The Balaban J connectivity index is 1.31. The zero-order valence-electron chi connectivity index (χ0n) is 38.4. The van der Waals surface area contributed by atoms with Crippen molar-refractivity contribution in [1.82, 2.24) is 19.9 Å². The number of nitrogens with zero attached hydrogens (tertiary/aromatic N) is 6. The molecule has 310 valence electrons. The van der Waals surface area contributed by atoms with Crippen LogP contribution in [0.3, 0.4) is 0 Å². The van der Waals surface area contributed by atoms with Crippen molar-refractivity contribution in [3.8, 4) is 34.2 Å². The molecule has 6 nitrogen and oxygen atoms in total. The first kappa shape index (κ1) is 43.9. The van der Waals surface area contributed by atoms with Crippen molar-refractivity contribution >= 4 is 22.8 Å². The Hall–Kier alpha value is -5.62. The summed E-state index contributed by atoms with van der Waals surface area (Å²) in [6.45, 7) is 31.2. The fourth-order valence-corrected chi connectivity index (χ4v) is 7.54. The lowest BCUT2D eigenvalue weighted by molar-refractivity contribution is 0.805. The highest BCUT2D eigenvalue weighted by Crippen LogP contribution is 2.40. The van der Waals surface area contributed by atoms with Crippen molar-refractivity contribution in [2.75, 3.05) is 0 Å². The van der Waals surface area contributed by atoms with Crippen molar-refractivity contribution in [1.29, 1.82) is 0 Å². The number of benzene rings is 2. The van der Waals surface area contributed by atoms with Crippen LogP contribution in [0.4, 0.5) is 11.4 Å². The summed E-state index contributed by atoms with van der Waals surface area (Å²) in [5.41, 5.74) is 18.0. The van der Waals surface area contributed by atoms with E-state index in [1.54, 1.807) is 0 Å². The predicted molar refractivity (Wildman–Crippen MR) is 255 cm³/mol. The lowest BCUT2D eigenvalue weighted by Crippen LogP contribution is -2.04. The molecule has 6 heteroatoms. The number of hydrogen-bond acceptors (Lipinski definition) is 6. The van der Waals surface area contributed by atoms with E-state index in [1.165, 1.54) is 33.4 Å². The molecule has 0 atom stereocenters. The van der Waals surface area contributed by atoms with Gasteiger partial charge in [-0.25, -0.2) is 19.9 Å². The van der Waals surface area contributed by atoms with Gasteiger partial charge in [0.05, 0.1) is 68.3 Å². The third-order valence-corrected chi connectivity index (χ3v) is 11.3. The van der Waals surface area contributed by atoms with Gasteiger partial charge in [0, 0.05) is 0 Å². The molecule has 60 heavy (non-hydrogen) atoms. The van der Waals surface area contributed by atoms with E-state index in [0.29, 0.717) is 35.5 Å². The summed E-state index contributed by atoms with van der Waals surface area (Å²) in [5, 5.41) is 0. The molecule has 6 aromatic rings. The van der Waals surface area contributed by atoms with E-state index in [4.69, 9.17) is 29.9 Å². The van der Waals surface area contributed by atoms with Crippen LogP contribution in [0.2, 0.25) is 0 Å². The van der Waals surface area contributed by atoms with Crippen LogP contribution in [-0.2, 0) is 0 Å². The largest absolute Gasteiger partial charge is 0.251 e. The molecular formula is C54H64N6. The van der Waals surface area contributed by atoms with Crippen LogP contribution < -0.4 is 0 Å². The van der Waals surface area contributed by atoms with E-state index in [-0.39, 0.29) is 0 Å². The zero-order valence-corrected chi connectivity index (χ0v) is 38.4. The zero-order chi connectivity index (χ0) is 43.4. The second-order valence-electron chi connectivity index (χ2n) is 18.1. The Morgan fingerprint density at radius 1 is 0.350 bits per heavy atom. The van der Waals surface area contributed by atoms with Gasteiger partial charge < -0.3 is 0 Å². The van der Waals surface area contributed by atoms with Gasteiger partial charge >= 0.3 is 0 Å². The fourth-order valence-electron chi connectivity index (χ4n) is 7.54. The topological polar surface area (TPSA) is 76.3 Å². The standard InChI is InChI=1S/C54H64N6/c1-31(2)39-27-41(33(5)6)53(42(28-39)34(7)8)55-37(13)45-19-15-21-47(57-45)49-23-17-25-51(59-49)52-26-18-24-50(60-52)48-22-16-20-46(58-48)38(14)56-54-43(35(9)10)29-40(32(3)4)30-44(54)36(11)12/h15-36H,1-14H3. The van der Waals surface area contributed by atoms with Crippen molar-refractivity contribution in [3.63, 3.8) is 0 Å². The predicted octanol–water partition coefficient (Wildman–Crippen LogP) is 15.3. The Labute approximate surface area is 359 Å². The van der Waals surface area contributed by atoms with Crippen LogP contribution in [-0.4, -0.2) is 31.4 Å². The molecule has 0 bridgehead atoms. The molecule has 4 heterocycles. The Kier molecular flexibility index (Phi) is 13.7. The normalized spacial score (nSPS) is 12.6. The molecule has 0 amide bonds. The van der Waals surface area contributed by atoms with Crippen molar-refractivity contribution in [3.05, 3.63) is 142 Å². The van der Waals surface area contributed by atoms with Gasteiger partial charge in [-0.1, -0.05) is 132 Å². The lowest BCUT2D eigenvalue weighted by atomic mass is 9.87. The highest BCUT2D eigenvalue weighted by molar-refractivity contribution is 6.00. The summed E-state index contributed by atoms with van der Waals surface area (Å²) < 4.78 is 0. The van der Waals surface area contributed by atoms with Gasteiger partial charge in [-0.3, -0.25) is 9.98 Å². The van der Waals surface area contributed by atoms with Crippen LogP contribution in [0.25, 0.3) is 34.2 Å². The molecule has 0 saturated carbocycles. The van der Waals surface area contributed by atoms with Crippen LogP contribution in [0.5, 0.6) is 0 Å².